The summed E-state index contributed by atoms with van der Waals surface area (Å²) in [7, 11) is 3.39. The number of ketones is 1. The summed E-state index contributed by atoms with van der Waals surface area (Å²) in [5.74, 6) is 0.663. The maximum Gasteiger partial charge on any atom is 0.222 e. The summed E-state index contributed by atoms with van der Waals surface area (Å²) < 4.78 is 5.70. The molecule has 156 valence electrons. The standard InChI is InChI=1S/C25H27NO4/c1-26(2)25(29)13-11-22(27)17-30-23-12-10-19-8-9-20(15-21(19)16-23)24(28)14-18-6-4-3-5-7-18/h3-10,12,15-16,22,27H,11,13-14,17H2,1-2H3. The molecule has 0 radical (unpaired) electrons. The van der Waals surface area contributed by atoms with Crippen LogP contribution in [0, 0.1) is 0 Å². The van der Waals surface area contributed by atoms with Crippen LogP contribution in [0.1, 0.15) is 28.8 Å². The molecule has 0 fully saturated rings. The Morgan fingerprint density at radius 1 is 0.967 bits per heavy atom. The zero-order valence-electron chi connectivity index (χ0n) is 17.4. The lowest BCUT2D eigenvalue weighted by Crippen LogP contribution is -2.25. The summed E-state index contributed by atoms with van der Waals surface area (Å²) in [5, 5.41) is 12.0. The summed E-state index contributed by atoms with van der Waals surface area (Å²) in [5.41, 5.74) is 1.65. The van der Waals surface area contributed by atoms with Gasteiger partial charge in [0.05, 0.1) is 6.10 Å². The highest BCUT2D eigenvalue weighted by Crippen LogP contribution is 2.23. The maximum absolute atomic E-state index is 12.6. The predicted molar refractivity (Wildman–Crippen MR) is 118 cm³/mol. The molecule has 0 heterocycles. The molecule has 3 aromatic rings. The molecule has 0 aliphatic rings. The molecular weight excluding hydrogens is 378 g/mol. The molecule has 1 unspecified atom stereocenters. The van der Waals surface area contributed by atoms with Gasteiger partial charge in [-0.05, 0) is 41.0 Å². The molecule has 30 heavy (non-hydrogen) atoms. The predicted octanol–water partition coefficient (Wildman–Crippen LogP) is 3.87. The number of aliphatic hydroxyl groups is 1. The highest BCUT2D eigenvalue weighted by molar-refractivity contribution is 6.01. The van der Waals surface area contributed by atoms with Crippen LogP contribution in [0.3, 0.4) is 0 Å². The van der Waals surface area contributed by atoms with Gasteiger partial charge in [-0.15, -0.1) is 0 Å². The van der Waals surface area contributed by atoms with Gasteiger partial charge in [0.2, 0.25) is 5.91 Å². The zero-order valence-corrected chi connectivity index (χ0v) is 17.4. The molecule has 0 aromatic heterocycles. The van der Waals surface area contributed by atoms with Crippen molar-refractivity contribution in [2.75, 3.05) is 20.7 Å². The number of fused-ring (bicyclic) bond motifs is 1. The molecular formula is C25H27NO4. The third kappa shape index (κ3) is 5.91. The lowest BCUT2D eigenvalue weighted by Gasteiger charge is -2.14. The van der Waals surface area contributed by atoms with Gasteiger partial charge in [0.1, 0.15) is 12.4 Å². The Bertz CT molecular complexity index is 1010. The van der Waals surface area contributed by atoms with Crippen LogP contribution in [0.4, 0.5) is 0 Å². The summed E-state index contributed by atoms with van der Waals surface area (Å²) in [6.45, 7) is 0.110. The van der Waals surface area contributed by atoms with Crippen LogP contribution in [-0.4, -0.2) is 48.5 Å². The Morgan fingerprint density at radius 3 is 2.43 bits per heavy atom. The van der Waals surface area contributed by atoms with E-state index in [2.05, 4.69) is 0 Å². The van der Waals surface area contributed by atoms with Crippen LogP contribution in [0.15, 0.2) is 66.7 Å². The van der Waals surface area contributed by atoms with Crippen molar-refractivity contribution < 1.29 is 19.4 Å². The molecule has 1 amide bonds. The first kappa shape index (κ1) is 21.5. The van der Waals surface area contributed by atoms with E-state index in [0.717, 1.165) is 16.3 Å². The van der Waals surface area contributed by atoms with Crippen LogP contribution in [0.25, 0.3) is 10.8 Å². The van der Waals surface area contributed by atoms with E-state index in [1.807, 2.05) is 66.7 Å². The first-order valence-corrected chi connectivity index (χ1v) is 10.0. The number of carbonyl (C=O) groups is 2. The SMILES string of the molecule is CN(C)C(=O)CCC(O)COc1ccc2ccc(C(=O)Cc3ccccc3)cc2c1. The Hall–Kier alpha value is -3.18. The van der Waals surface area contributed by atoms with Gasteiger partial charge in [0, 0.05) is 32.5 Å². The summed E-state index contributed by atoms with van der Waals surface area (Å²) in [4.78, 5) is 25.8. The largest absolute Gasteiger partial charge is 0.491 e. The Morgan fingerprint density at radius 2 is 1.70 bits per heavy atom. The van der Waals surface area contributed by atoms with Gasteiger partial charge in [-0.3, -0.25) is 9.59 Å². The van der Waals surface area contributed by atoms with Crippen molar-refractivity contribution in [3.05, 3.63) is 77.9 Å². The van der Waals surface area contributed by atoms with Gasteiger partial charge in [0.15, 0.2) is 5.78 Å². The van der Waals surface area contributed by atoms with Gasteiger partial charge in [-0.25, -0.2) is 0 Å². The van der Waals surface area contributed by atoms with Crippen molar-refractivity contribution in [1.29, 1.82) is 0 Å². The normalized spacial score (nSPS) is 11.8. The Kier molecular flexibility index (Phi) is 7.20. The summed E-state index contributed by atoms with van der Waals surface area (Å²) >= 11 is 0. The van der Waals surface area contributed by atoms with Gasteiger partial charge in [-0.2, -0.15) is 0 Å². The van der Waals surface area contributed by atoms with Crippen LogP contribution in [0.2, 0.25) is 0 Å². The molecule has 3 aromatic carbocycles. The monoisotopic (exact) mass is 405 g/mol. The molecule has 5 nitrogen and oxygen atoms in total. The number of rotatable bonds is 9. The number of aliphatic hydroxyl groups excluding tert-OH is 1. The van der Waals surface area contributed by atoms with Crippen molar-refractivity contribution >= 4 is 22.5 Å². The molecule has 0 bridgehead atoms. The summed E-state index contributed by atoms with van der Waals surface area (Å²) in [6, 6.07) is 21.0. The molecule has 0 aliphatic carbocycles. The average molecular weight is 405 g/mol. The quantitative estimate of drug-likeness (QED) is 0.549. The van der Waals surface area contributed by atoms with E-state index in [-0.39, 0.29) is 24.7 Å². The van der Waals surface area contributed by atoms with Crippen LogP contribution < -0.4 is 4.74 Å². The minimum atomic E-state index is -0.719. The lowest BCUT2D eigenvalue weighted by molar-refractivity contribution is -0.129. The fourth-order valence-corrected chi connectivity index (χ4v) is 3.16. The molecule has 0 saturated carbocycles. The smallest absolute Gasteiger partial charge is 0.222 e. The van der Waals surface area contributed by atoms with Gasteiger partial charge in [-0.1, -0.05) is 48.5 Å². The number of carbonyl (C=O) groups excluding carboxylic acids is 2. The van der Waals surface area contributed by atoms with Crippen molar-refractivity contribution in [2.45, 2.75) is 25.4 Å². The number of benzene rings is 3. The highest BCUT2D eigenvalue weighted by atomic mass is 16.5. The molecule has 1 N–H and O–H groups in total. The molecule has 5 heteroatoms. The van der Waals surface area contributed by atoms with Crippen LogP contribution >= 0.6 is 0 Å². The van der Waals surface area contributed by atoms with E-state index < -0.39 is 6.10 Å². The molecule has 0 aliphatic heterocycles. The van der Waals surface area contributed by atoms with Crippen molar-refractivity contribution in [1.82, 2.24) is 4.90 Å². The number of nitrogens with zero attached hydrogens (tertiary/aromatic N) is 1. The number of ether oxygens (including phenoxy) is 1. The van der Waals surface area contributed by atoms with Crippen LogP contribution in [-0.2, 0) is 11.2 Å². The van der Waals surface area contributed by atoms with E-state index in [1.165, 1.54) is 4.90 Å². The number of Topliss-reactive ketones (excluding diaryl/α,β-unsaturated/α-hetero) is 1. The Labute approximate surface area is 176 Å². The van der Waals surface area contributed by atoms with Gasteiger partial charge >= 0.3 is 0 Å². The topological polar surface area (TPSA) is 66.8 Å². The van der Waals surface area contributed by atoms with Crippen molar-refractivity contribution in [3.8, 4) is 5.75 Å². The van der Waals surface area contributed by atoms with Gasteiger partial charge in [0.25, 0.3) is 0 Å². The third-order valence-corrected chi connectivity index (χ3v) is 4.97. The number of hydrogen-bond acceptors (Lipinski definition) is 4. The maximum atomic E-state index is 12.6. The van der Waals surface area contributed by atoms with E-state index in [9.17, 15) is 14.7 Å². The second kappa shape index (κ2) is 10.0. The molecule has 0 saturated heterocycles. The second-order valence-electron chi connectivity index (χ2n) is 7.60. The lowest BCUT2D eigenvalue weighted by atomic mass is 10.00. The number of amides is 1. The van der Waals surface area contributed by atoms with E-state index in [0.29, 0.717) is 24.2 Å². The van der Waals surface area contributed by atoms with Crippen molar-refractivity contribution in [3.63, 3.8) is 0 Å². The van der Waals surface area contributed by atoms with E-state index >= 15 is 0 Å². The first-order valence-electron chi connectivity index (χ1n) is 10.0. The molecule has 0 spiro atoms. The van der Waals surface area contributed by atoms with Gasteiger partial charge < -0.3 is 14.7 Å². The first-order chi connectivity index (χ1) is 14.4. The summed E-state index contributed by atoms with van der Waals surface area (Å²) in [6.07, 6.45) is 0.272. The fraction of sp³-hybridized carbons (Fsp3) is 0.280. The zero-order chi connectivity index (χ0) is 21.5. The molecule has 1 atom stereocenters. The molecule has 3 rings (SSSR count). The van der Waals surface area contributed by atoms with E-state index in [1.54, 1.807) is 14.1 Å². The van der Waals surface area contributed by atoms with E-state index in [4.69, 9.17) is 4.74 Å². The average Bonchev–Trinajstić information content (AvgIpc) is 2.76. The van der Waals surface area contributed by atoms with Crippen molar-refractivity contribution in [2.24, 2.45) is 0 Å². The van der Waals surface area contributed by atoms with Crippen LogP contribution in [0.5, 0.6) is 5.75 Å². The minimum absolute atomic E-state index is 0.0209. The second-order valence-corrected chi connectivity index (χ2v) is 7.60. The Balaban J connectivity index is 1.63. The fourth-order valence-electron chi connectivity index (χ4n) is 3.16. The third-order valence-electron chi connectivity index (χ3n) is 4.97. The number of hydrogen-bond donors (Lipinski definition) is 1. The minimum Gasteiger partial charge on any atom is -0.491 e. The highest BCUT2D eigenvalue weighted by Gasteiger charge is 2.11.